The Balaban J connectivity index is 1.66. The molecule has 0 aliphatic heterocycles. The first-order chi connectivity index (χ1) is 11.1. The smallest absolute Gasteiger partial charge is 0.309 e. The maximum absolute atomic E-state index is 13.8. The molecule has 0 spiro atoms. The normalized spacial score (nSPS) is 15.6. The van der Waals surface area contributed by atoms with Gasteiger partial charge in [-0.2, -0.15) is 0 Å². The monoisotopic (exact) mass is 337 g/mol. The highest BCUT2D eigenvalue weighted by molar-refractivity contribution is 6.31. The van der Waals surface area contributed by atoms with Crippen LogP contribution in [-0.4, -0.2) is 22.1 Å². The first kappa shape index (κ1) is 15.9. The third-order valence-electron chi connectivity index (χ3n) is 3.99. The molecule has 3 rings (SSSR count). The summed E-state index contributed by atoms with van der Waals surface area (Å²) >= 11 is 5.97. The van der Waals surface area contributed by atoms with Crippen LogP contribution >= 0.6 is 11.6 Å². The molecule has 0 radical (unpaired) electrons. The van der Waals surface area contributed by atoms with E-state index in [1.807, 2.05) is 0 Å². The van der Waals surface area contributed by atoms with Gasteiger partial charge in [0, 0.05) is 16.6 Å². The summed E-state index contributed by atoms with van der Waals surface area (Å²) in [6.07, 6.45) is 5.43. The molecule has 0 unspecified atom stereocenters. The van der Waals surface area contributed by atoms with E-state index in [-0.39, 0.29) is 40.7 Å². The highest BCUT2D eigenvalue weighted by Gasteiger charge is 2.21. The average molecular weight is 338 g/mol. The summed E-state index contributed by atoms with van der Waals surface area (Å²) in [6.45, 7) is 0. The van der Waals surface area contributed by atoms with E-state index < -0.39 is 5.82 Å². The standard InChI is InChI=1S/C16H17ClFN3O2/c17-12-7-4-8-13(18)11(12)9-14-20-21-16(23-14)15(22)19-10-5-2-1-3-6-10/h4,7-8,10H,1-3,5-6,9H2,(H,19,22). The fourth-order valence-electron chi connectivity index (χ4n) is 2.76. The van der Waals surface area contributed by atoms with Crippen LogP contribution in [0.2, 0.25) is 5.02 Å². The third kappa shape index (κ3) is 3.88. The van der Waals surface area contributed by atoms with Crippen LogP contribution in [0.1, 0.15) is 54.2 Å². The minimum absolute atomic E-state index is 0.0508. The second-order valence-corrected chi connectivity index (χ2v) is 6.09. The van der Waals surface area contributed by atoms with Gasteiger partial charge in [0.15, 0.2) is 0 Å². The van der Waals surface area contributed by atoms with E-state index in [1.165, 1.54) is 18.6 Å². The van der Waals surface area contributed by atoms with Crippen molar-refractivity contribution in [2.24, 2.45) is 0 Å². The molecule has 23 heavy (non-hydrogen) atoms. The van der Waals surface area contributed by atoms with E-state index in [4.69, 9.17) is 16.0 Å². The SMILES string of the molecule is O=C(NC1CCCCC1)c1nnc(Cc2c(F)cccc2Cl)o1. The third-order valence-corrected chi connectivity index (χ3v) is 4.35. The predicted molar refractivity (Wildman–Crippen MR) is 82.9 cm³/mol. The van der Waals surface area contributed by atoms with Crippen molar-refractivity contribution >= 4 is 17.5 Å². The van der Waals surface area contributed by atoms with Crippen LogP contribution in [0.25, 0.3) is 0 Å². The van der Waals surface area contributed by atoms with Crippen molar-refractivity contribution in [3.8, 4) is 0 Å². The summed E-state index contributed by atoms with van der Waals surface area (Å²) in [6, 6.07) is 4.59. The maximum atomic E-state index is 13.8. The van der Waals surface area contributed by atoms with E-state index in [1.54, 1.807) is 6.07 Å². The van der Waals surface area contributed by atoms with Gasteiger partial charge in [0.2, 0.25) is 5.89 Å². The second-order valence-electron chi connectivity index (χ2n) is 5.69. The van der Waals surface area contributed by atoms with Crippen LogP contribution in [-0.2, 0) is 6.42 Å². The number of benzene rings is 1. The molecule has 1 amide bonds. The fourth-order valence-corrected chi connectivity index (χ4v) is 2.99. The van der Waals surface area contributed by atoms with Crippen LogP contribution in [0.15, 0.2) is 22.6 Å². The molecule has 0 bridgehead atoms. The number of hydrogen-bond acceptors (Lipinski definition) is 4. The van der Waals surface area contributed by atoms with Gasteiger partial charge in [0.05, 0.1) is 6.42 Å². The number of hydrogen-bond donors (Lipinski definition) is 1. The minimum atomic E-state index is -0.441. The topological polar surface area (TPSA) is 68.0 Å². The Morgan fingerprint density at radius 1 is 1.30 bits per heavy atom. The van der Waals surface area contributed by atoms with E-state index >= 15 is 0 Å². The molecular formula is C16H17ClFN3O2. The van der Waals surface area contributed by atoms with Crippen LogP contribution in [0, 0.1) is 5.82 Å². The van der Waals surface area contributed by atoms with Crippen molar-refractivity contribution in [2.45, 2.75) is 44.6 Å². The second kappa shape index (κ2) is 7.08. The van der Waals surface area contributed by atoms with Crippen molar-refractivity contribution in [1.82, 2.24) is 15.5 Å². The molecule has 1 fully saturated rings. The summed E-state index contributed by atoms with van der Waals surface area (Å²) in [4.78, 5) is 12.1. The molecule has 7 heteroatoms. The lowest BCUT2D eigenvalue weighted by molar-refractivity contribution is 0.0891. The highest BCUT2D eigenvalue weighted by atomic mass is 35.5. The molecule has 1 aromatic carbocycles. The molecule has 0 atom stereocenters. The van der Waals surface area contributed by atoms with Crippen molar-refractivity contribution in [1.29, 1.82) is 0 Å². The van der Waals surface area contributed by atoms with Gasteiger partial charge in [-0.15, -0.1) is 10.2 Å². The van der Waals surface area contributed by atoms with Gasteiger partial charge in [-0.1, -0.05) is 36.9 Å². The average Bonchev–Trinajstić information content (AvgIpc) is 3.01. The molecule has 2 aromatic rings. The van der Waals surface area contributed by atoms with Gasteiger partial charge in [0.1, 0.15) is 5.82 Å². The quantitative estimate of drug-likeness (QED) is 0.927. The Morgan fingerprint density at radius 3 is 2.83 bits per heavy atom. The van der Waals surface area contributed by atoms with Gasteiger partial charge >= 0.3 is 11.8 Å². The zero-order chi connectivity index (χ0) is 16.2. The molecule has 122 valence electrons. The van der Waals surface area contributed by atoms with Crippen LogP contribution in [0.5, 0.6) is 0 Å². The van der Waals surface area contributed by atoms with Crippen LogP contribution < -0.4 is 5.32 Å². The molecule has 0 saturated heterocycles. The van der Waals surface area contributed by atoms with Gasteiger partial charge in [0.25, 0.3) is 0 Å². The van der Waals surface area contributed by atoms with Crippen molar-refractivity contribution in [2.75, 3.05) is 0 Å². The number of aromatic nitrogens is 2. The lowest BCUT2D eigenvalue weighted by Gasteiger charge is -2.21. The molecule has 1 saturated carbocycles. The first-order valence-corrected chi connectivity index (χ1v) is 8.07. The maximum Gasteiger partial charge on any atom is 0.309 e. The van der Waals surface area contributed by atoms with Crippen molar-refractivity contribution < 1.29 is 13.6 Å². The largest absolute Gasteiger partial charge is 0.417 e. The summed E-state index contributed by atoms with van der Waals surface area (Å²) < 4.78 is 19.1. The van der Waals surface area contributed by atoms with Gasteiger partial charge < -0.3 is 9.73 Å². The molecule has 1 N–H and O–H groups in total. The number of rotatable bonds is 4. The van der Waals surface area contributed by atoms with Gasteiger partial charge in [-0.05, 0) is 25.0 Å². The van der Waals surface area contributed by atoms with E-state index in [9.17, 15) is 9.18 Å². The number of carbonyl (C=O) groups is 1. The highest BCUT2D eigenvalue weighted by Crippen LogP contribution is 2.22. The van der Waals surface area contributed by atoms with Crippen LogP contribution in [0.4, 0.5) is 4.39 Å². The number of nitrogens with zero attached hydrogens (tertiary/aromatic N) is 2. The summed E-state index contributed by atoms with van der Waals surface area (Å²) in [5.74, 6) is -0.761. The van der Waals surface area contributed by atoms with Gasteiger partial charge in [-0.25, -0.2) is 4.39 Å². The van der Waals surface area contributed by atoms with Crippen molar-refractivity contribution in [3.05, 3.63) is 46.4 Å². The number of nitrogens with one attached hydrogen (secondary N) is 1. The number of amides is 1. The van der Waals surface area contributed by atoms with Crippen LogP contribution in [0.3, 0.4) is 0 Å². The summed E-state index contributed by atoms with van der Waals surface area (Å²) in [5, 5.41) is 10.7. The summed E-state index contributed by atoms with van der Waals surface area (Å²) in [7, 11) is 0. The summed E-state index contributed by atoms with van der Waals surface area (Å²) in [5.41, 5.74) is 0.275. The molecule has 1 heterocycles. The Bertz CT molecular complexity index is 678. The zero-order valence-corrected chi connectivity index (χ0v) is 13.3. The minimum Gasteiger partial charge on any atom is -0.417 e. The molecular weight excluding hydrogens is 321 g/mol. The lowest BCUT2D eigenvalue weighted by atomic mass is 9.95. The van der Waals surface area contributed by atoms with Crippen molar-refractivity contribution in [3.63, 3.8) is 0 Å². The number of halogens is 2. The Morgan fingerprint density at radius 2 is 2.09 bits per heavy atom. The molecule has 5 nitrogen and oxygen atoms in total. The predicted octanol–water partition coefficient (Wildman–Crippen LogP) is 3.52. The zero-order valence-electron chi connectivity index (χ0n) is 12.5. The number of carbonyl (C=O) groups excluding carboxylic acids is 1. The van der Waals surface area contributed by atoms with E-state index in [0.29, 0.717) is 0 Å². The Kier molecular flexibility index (Phi) is 4.91. The van der Waals surface area contributed by atoms with Gasteiger partial charge in [-0.3, -0.25) is 4.79 Å². The Labute approximate surface area is 138 Å². The van der Waals surface area contributed by atoms with E-state index in [0.717, 1.165) is 25.7 Å². The van der Waals surface area contributed by atoms with E-state index in [2.05, 4.69) is 15.5 Å². The lowest BCUT2D eigenvalue weighted by Crippen LogP contribution is -2.36. The Hall–Kier alpha value is -1.95. The fraction of sp³-hybridized carbons (Fsp3) is 0.438. The molecule has 1 aromatic heterocycles. The first-order valence-electron chi connectivity index (χ1n) is 7.69. The molecule has 1 aliphatic rings. The molecule has 1 aliphatic carbocycles.